The van der Waals surface area contributed by atoms with E-state index < -0.39 is 0 Å². The van der Waals surface area contributed by atoms with E-state index in [1.165, 1.54) is 0 Å². The summed E-state index contributed by atoms with van der Waals surface area (Å²) in [4.78, 5) is 0. The fourth-order valence-corrected chi connectivity index (χ4v) is 1.16. The molecule has 1 aromatic carbocycles. The van der Waals surface area contributed by atoms with Crippen LogP contribution in [0.1, 0.15) is 5.56 Å². The van der Waals surface area contributed by atoms with Crippen molar-refractivity contribution in [3.05, 3.63) is 23.8 Å². The molecule has 0 atom stereocenters. The third-order valence-electron chi connectivity index (χ3n) is 1.69. The lowest BCUT2D eigenvalue weighted by Crippen LogP contribution is -2.15. The fourth-order valence-electron chi connectivity index (χ4n) is 1.16. The molecule has 0 unspecified atom stereocenters. The summed E-state index contributed by atoms with van der Waals surface area (Å²) in [5.41, 5.74) is 0.534. The van der Waals surface area contributed by atoms with Crippen LogP contribution in [0.3, 0.4) is 0 Å². The number of para-hydroxylation sites is 1. The molecule has 0 bridgehead atoms. The van der Waals surface area contributed by atoms with Crippen LogP contribution in [0, 0.1) is 11.3 Å². The smallest absolute Gasteiger partial charge is 0.179 e. The topological polar surface area (TPSA) is 42.2 Å². The maximum absolute atomic E-state index is 8.71. The molecule has 0 aromatic heterocycles. The van der Waals surface area contributed by atoms with Gasteiger partial charge >= 0.3 is 0 Å². The minimum atomic E-state index is 0.520. The molecule has 0 spiro atoms. The van der Waals surface area contributed by atoms with Crippen molar-refractivity contribution < 1.29 is 9.47 Å². The monoisotopic (exact) mass is 161 g/mol. The van der Waals surface area contributed by atoms with Gasteiger partial charge in [0.25, 0.3) is 0 Å². The summed E-state index contributed by atoms with van der Waals surface area (Å²) >= 11 is 0. The Morgan fingerprint density at radius 3 is 2.92 bits per heavy atom. The average Bonchev–Trinajstić information content (AvgIpc) is 2.17. The number of nitriles is 1. The number of hydrogen-bond acceptors (Lipinski definition) is 3. The number of rotatable bonds is 0. The summed E-state index contributed by atoms with van der Waals surface area (Å²) < 4.78 is 10.6. The Balaban J connectivity index is 2.53. The zero-order valence-electron chi connectivity index (χ0n) is 6.41. The second-order valence-electron chi connectivity index (χ2n) is 2.44. The molecule has 0 saturated carbocycles. The van der Waals surface area contributed by atoms with Crippen molar-refractivity contribution >= 4 is 0 Å². The minimum absolute atomic E-state index is 0.520. The number of ether oxygens (including phenoxy) is 2. The standard InChI is InChI=1S/C9H7NO2/c10-6-7-2-1-3-8-9(7)12-5-4-11-8/h1-3H,4-5H2. The predicted octanol–water partition coefficient (Wildman–Crippen LogP) is 1.33. The van der Waals surface area contributed by atoms with Gasteiger partial charge in [0.05, 0.1) is 5.56 Å². The van der Waals surface area contributed by atoms with Crippen LogP contribution in [0.4, 0.5) is 0 Å². The molecule has 0 saturated heterocycles. The molecule has 1 aromatic rings. The first-order valence-corrected chi connectivity index (χ1v) is 3.70. The Morgan fingerprint density at radius 2 is 2.08 bits per heavy atom. The van der Waals surface area contributed by atoms with Gasteiger partial charge in [-0.2, -0.15) is 5.26 Å². The van der Waals surface area contributed by atoms with Crippen molar-refractivity contribution in [1.29, 1.82) is 5.26 Å². The van der Waals surface area contributed by atoms with Gasteiger partial charge in [0.2, 0.25) is 0 Å². The molecular formula is C9H7NO2. The van der Waals surface area contributed by atoms with Gasteiger partial charge in [0.15, 0.2) is 11.5 Å². The molecule has 1 aliphatic heterocycles. The zero-order valence-corrected chi connectivity index (χ0v) is 6.41. The first-order valence-electron chi connectivity index (χ1n) is 3.70. The summed E-state index contributed by atoms with van der Waals surface area (Å²) in [6, 6.07) is 7.35. The van der Waals surface area contributed by atoms with E-state index in [9.17, 15) is 0 Å². The molecule has 0 fully saturated rings. The van der Waals surface area contributed by atoms with Crippen LogP contribution in [0.5, 0.6) is 11.5 Å². The third-order valence-corrected chi connectivity index (χ3v) is 1.69. The van der Waals surface area contributed by atoms with Gasteiger partial charge < -0.3 is 9.47 Å². The van der Waals surface area contributed by atoms with Gasteiger partial charge in [0, 0.05) is 0 Å². The van der Waals surface area contributed by atoms with Crippen LogP contribution in [0.2, 0.25) is 0 Å². The fraction of sp³-hybridized carbons (Fsp3) is 0.222. The van der Waals surface area contributed by atoms with Crippen LogP contribution >= 0.6 is 0 Å². The Labute approximate surface area is 70.1 Å². The highest BCUT2D eigenvalue weighted by Crippen LogP contribution is 2.32. The molecule has 2 rings (SSSR count). The van der Waals surface area contributed by atoms with Crippen LogP contribution in [-0.4, -0.2) is 13.2 Å². The van der Waals surface area contributed by atoms with Gasteiger partial charge in [-0.25, -0.2) is 0 Å². The van der Waals surface area contributed by atoms with Crippen molar-refractivity contribution in [3.8, 4) is 17.6 Å². The van der Waals surface area contributed by atoms with Gasteiger partial charge in [0.1, 0.15) is 19.3 Å². The molecule has 3 heteroatoms. The van der Waals surface area contributed by atoms with E-state index in [4.69, 9.17) is 14.7 Å². The maximum Gasteiger partial charge on any atom is 0.179 e. The Kier molecular flexibility index (Phi) is 1.60. The number of benzene rings is 1. The third kappa shape index (κ3) is 0.978. The van der Waals surface area contributed by atoms with E-state index in [1.54, 1.807) is 18.2 Å². The van der Waals surface area contributed by atoms with E-state index in [0.717, 1.165) is 0 Å². The summed E-state index contributed by atoms with van der Waals surface area (Å²) in [5.74, 6) is 1.24. The Bertz CT molecular complexity index is 341. The molecule has 60 valence electrons. The Hall–Kier alpha value is -1.69. The van der Waals surface area contributed by atoms with E-state index >= 15 is 0 Å². The highest BCUT2D eigenvalue weighted by atomic mass is 16.6. The lowest BCUT2D eigenvalue weighted by atomic mass is 10.2. The highest BCUT2D eigenvalue weighted by Gasteiger charge is 2.14. The molecule has 0 N–H and O–H groups in total. The van der Waals surface area contributed by atoms with Crippen LogP contribution in [0.25, 0.3) is 0 Å². The molecular weight excluding hydrogens is 154 g/mol. The quantitative estimate of drug-likeness (QED) is 0.576. The van der Waals surface area contributed by atoms with Gasteiger partial charge in [-0.15, -0.1) is 0 Å². The second kappa shape index (κ2) is 2.74. The average molecular weight is 161 g/mol. The molecule has 0 radical (unpaired) electrons. The summed E-state index contributed by atoms with van der Waals surface area (Å²) in [6.07, 6.45) is 0. The van der Waals surface area contributed by atoms with E-state index in [0.29, 0.717) is 30.3 Å². The van der Waals surface area contributed by atoms with Gasteiger partial charge in [-0.3, -0.25) is 0 Å². The molecule has 1 heterocycles. The van der Waals surface area contributed by atoms with Crippen molar-refractivity contribution in [2.24, 2.45) is 0 Å². The van der Waals surface area contributed by atoms with Crippen molar-refractivity contribution in [2.75, 3.05) is 13.2 Å². The van der Waals surface area contributed by atoms with E-state index in [2.05, 4.69) is 6.07 Å². The largest absolute Gasteiger partial charge is 0.486 e. The van der Waals surface area contributed by atoms with Gasteiger partial charge in [-0.1, -0.05) is 6.07 Å². The molecule has 3 nitrogen and oxygen atoms in total. The van der Waals surface area contributed by atoms with Crippen LogP contribution < -0.4 is 9.47 Å². The molecule has 1 aliphatic rings. The molecule has 12 heavy (non-hydrogen) atoms. The van der Waals surface area contributed by atoms with Gasteiger partial charge in [-0.05, 0) is 12.1 Å². The van der Waals surface area contributed by atoms with Crippen LogP contribution in [0.15, 0.2) is 18.2 Å². The molecule has 0 aliphatic carbocycles. The van der Waals surface area contributed by atoms with E-state index in [-0.39, 0.29) is 0 Å². The summed E-state index contributed by atoms with van der Waals surface area (Å²) in [5, 5.41) is 8.71. The Morgan fingerprint density at radius 1 is 1.25 bits per heavy atom. The minimum Gasteiger partial charge on any atom is -0.486 e. The predicted molar refractivity (Wildman–Crippen MR) is 42.1 cm³/mol. The highest BCUT2D eigenvalue weighted by molar-refractivity contribution is 5.52. The number of nitrogens with zero attached hydrogens (tertiary/aromatic N) is 1. The summed E-state index contributed by atoms with van der Waals surface area (Å²) in [6.45, 7) is 1.08. The van der Waals surface area contributed by atoms with Crippen LogP contribution in [-0.2, 0) is 0 Å². The lowest BCUT2D eigenvalue weighted by Gasteiger charge is -2.18. The first kappa shape index (κ1) is 6.99. The zero-order chi connectivity index (χ0) is 8.39. The molecule has 0 amide bonds. The first-order chi connectivity index (χ1) is 5.92. The van der Waals surface area contributed by atoms with E-state index in [1.807, 2.05) is 0 Å². The maximum atomic E-state index is 8.71. The summed E-state index contributed by atoms with van der Waals surface area (Å²) in [7, 11) is 0. The van der Waals surface area contributed by atoms with Crippen molar-refractivity contribution in [2.45, 2.75) is 0 Å². The number of fused-ring (bicyclic) bond motifs is 1. The second-order valence-corrected chi connectivity index (χ2v) is 2.44. The normalized spacial score (nSPS) is 13.6. The number of hydrogen-bond donors (Lipinski definition) is 0. The SMILES string of the molecule is N#Cc1cccc2c1OCCO2. The van der Waals surface area contributed by atoms with Crippen molar-refractivity contribution in [1.82, 2.24) is 0 Å². The lowest BCUT2D eigenvalue weighted by molar-refractivity contribution is 0.171. The van der Waals surface area contributed by atoms with Crippen molar-refractivity contribution in [3.63, 3.8) is 0 Å².